The van der Waals surface area contributed by atoms with Gasteiger partial charge in [0.1, 0.15) is 0 Å². The fraction of sp³-hybridized carbons (Fsp3) is 0.529. The predicted molar refractivity (Wildman–Crippen MR) is 78.8 cm³/mol. The van der Waals surface area contributed by atoms with Crippen LogP contribution in [0.15, 0.2) is 29.8 Å². The van der Waals surface area contributed by atoms with Gasteiger partial charge in [-0.3, -0.25) is 4.90 Å². The Hall–Kier alpha value is -1.12. The summed E-state index contributed by atoms with van der Waals surface area (Å²) in [4.78, 5) is 2.63. The van der Waals surface area contributed by atoms with Crippen LogP contribution < -0.4 is 0 Å². The monoisotopic (exact) mass is 257 g/mol. The van der Waals surface area contributed by atoms with Gasteiger partial charge >= 0.3 is 0 Å². The fourth-order valence-corrected chi connectivity index (χ4v) is 3.19. The third kappa shape index (κ3) is 2.90. The summed E-state index contributed by atoms with van der Waals surface area (Å²) >= 11 is 0. The maximum absolute atomic E-state index is 9.08. The first-order valence-electron chi connectivity index (χ1n) is 7.51. The van der Waals surface area contributed by atoms with Crippen LogP contribution in [0.3, 0.4) is 0 Å². The van der Waals surface area contributed by atoms with E-state index >= 15 is 0 Å². The zero-order valence-corrected chi connectivity index (χ0v) is 11.5. The van der Waals surface area contributed by atoms with Crippen molar-refractivity contribution in [2.45, 2.75) is 44.8 Å². The minimum atomic E-state index is 0.132. The summed E-state index contributed by atoms with van der Waals surface area (Å²) in [5.41, 5.74) is 3.88. The predicted octanol–water partition coefficient (Wildman–Crippen LogP) is 3.21. The minimum absolute atomic E-state index is 0.132. The van der Waals surface area contributed by atoms with E-state index in [-0.39, 0.29) is 6.61 Å². The zero-order valence-electron chi connectivity index (χ0n) is 11.5. The van der Waals surface area contributed by atoms with E-state index in [1.54, 1.807) is 5.57 Å². The molecule has 3 rings (SSSR count). The van der Waals surface area contributed by atoms with Gasteiger partial charge in [0.2, 0.25) is 0 Å². The first-order chi connectivity index (χ1) is 9.36. The van der Waals surface area contributed by atoms with E-state index in [2.05, 4.69) is 23.1 Å². The molecule has 0 radical (unpaired) electrons. The zero-order chi connectivity index (χ0) is 13.1. The lowest BCUT2D eigenvalue weighted by Crippen LogP contribution is -2.46. The molecule has 1 aliphatic carbocycles. The Morgan fingerprint density at radius 2 is 1.89 bits per heavy atom. The van der Waals surface area contributed by atoms with E-state index in [4.69, 9.17) is 5.11 Å². The number of aliphatic hydroxyl groups is 1. The summed E-state index contributed by atoms with van der Waals surface area (Å²) < 4.78 is 0. The molecule has 0 spiro atoms. The summed E-state index contributed by atoms with van der Waals surface area (Å²) in [6.07, 6.45) is 9.05. The molecule has 1 aromatic rings. The quantitative estimate of drug-likeness (QED) is 0.898. The van der Waals surface area contributed by atoms with Gasteiger partial charge in [0, 0.05) is 6.04 Å². The molecule has 0 amide bonds. The summed E-state index contributed by atoms with van der Waals surface area (Å²) in [6, 6.07) is 8.99. The Kier molecular flexibility index (Phi) is 4.00. The number of hydrogen-bond acceptors (Lipinski definition) is 2. The molecule has 102 valence electrons. The van der Waals surface area contributed by atoms with Crippen LogP contribution in [-0.4, -0.2) is 29.1 Å². The van der Waals surface area contributed by atoms with E-state index in [1.807, 2.05) is 12.1 Å². The second-order valence-electron chi connectivity index (χ2n) is 5.77. The van der Waals surface area contributed by atoms with E-state index < -0.39 is 0 Å². The van der Waals surface area contributed by atoms with Crippen molar-refractivity contribution in [3.8, 4) is 0 Å². The van der Waals surface area contributed by atoms with Gasteiger partial charge in [0.25, 0.3) is 0 Å². The second kappa shape index (κ2) is 5.89. The van der Waals surface area contributed by atoms with Gasteiger partial charge in [0.15, 0.2) is 0 Å². The molecule has 2 aliphatic rings. The van der Waals surface area contributed by atoms with Gasteiger partial charge in [-0.05, 0) is 49.9 Å². The molecule has 1 heterocycles. The molecular weight excluding hydrogens is 234 g/mol. The van der Waals surface area contributed by atoms with Crippen molar-refractivity contribution >= 4 is 6.08 Å². The van der Waals surface area contributed by atoms with Gasteiger partial charge < -0.3 is 5.11 Å². The molecule has 1 atom stereocenters. The number of benzene rings is 1. The third-order valence-electron chi connectivity index (χ3n) is 4.47. The van der Waals surface area contributed by atoms with Gasteiger partial charge in [-0.15, -0.1) is 0 Å². The molecule has 1 N–H and O–H groups in total. The average molecular weight is 257 g/mol. The SMILES string of the molecule is OCc1ccc(/C=C2/CCCCC2N2CCC2)cc1. The van der Waals surface area contributed by atoms with Crippen LogP contribution in [0.5, 0.6) is 0 Å². The van der Waals surface area contributed by atoms with E-state index in [0.29, 0.717) is 6.04 Å². The molecule has 2 heteroatoms. The summed E-state index contributed by atoms with van der Waals surface area (Å²) in [6.45, 7) is 2.70. The molecular formula is C17H23NO. The van der Waals surface area contributed by atoms with Crippen LogP contribution in [0.1, 0.15) is 43.2 Å². The Balaban J connectivity index is 1.78. The number of hydrogen-bond donors (Lipinski definition) is 1. The normalized spacial score (nSPS) is 26.4. The fourth-order valence-electron chi connectivity index (χ4n) is 3.19. The van der Waals surface area contributed by atoms with Crippen LogP contribution in [-0.2, 0) is 6.61 Å². The Labute approximate surface area is 115 Å². The molecule has 1 aromatic carbocycles. The first-order valence-corrected chi connectivity index (χ1v) is 7.51. The van der Waals surface area contributed by atoms with Crippen molar-refractivity contribution in [1.29, 1.82) is 0 Å². The van der Waals surface area contributed by atoms with Gasteiger partial charge in [-0.1, -0.05) is 42.3 Å². The van der Waals surface area contributed by atoms with Crippen molar-refractivity contribution in [2.24, 2.45) is 0 Å². The summed E-state index contributed by atoms with van der Waals surface area (Å²) in [5.74, 6) is 0. The molecule has 1 aliphatic heterocycles. The highest BCUT2D eigenvalue weighted by Gasteiger charge is 2.28. The highest BCUT2D eigenvalue weighted by atomic mass is 16.3. The lowest BCUT2D eigenvalue weighted by Gasteiger charge is -2.42. The lowest BCUT2D eigenvalue weighted by atomic mass is 9.86. The van der Waals surface area contributed by atoms with Crippen LogP contribution in [0.4, 0.5) is 0 Å². The summed E-state index contributed by atoms with van der Waals surface area (Å²) in [5, 5.41) is 9.08. The largest absolute Gasteiger partial charge is 0.392 e. The molecule has 0 aromatic heterocycles. The van der Waals surface area contributed by atoms with E-state index in [1.165, 1.54) is 50.8 Å². The van der Waals surface area contributed by atoms with E-state index in [9.17, 15) is 0 Å². The van der Waals surface area contributed by atoms with Crippen molar-refractivity contribution < 1.29 is 5.11 Å². The highest BCUT2D eigenvalue weighted by molar-refractivity contribution is 5.55. The standard InChI is InChI=1S/C17H23NO/c19-13-15-8-6-14(7-9-15)12-16-4-1-2-5-17(16)18-10-3-11-18/h6-9,12,17,19H,1-5,10-11,13H2/b16-12-. The molecule has 0 bridgehead atoms. The average Bonchev–Trinajstić information content (AvgIpc) is 2.40. The Morgan fingerprint density at radius 1 is 1.11 bits per heavy atom. The highest BCUT2D eigenvalue weighted by Crippen LogP contribution is 2.31. The van der Waals surface area contributed by atoms with Crippen molar-refractivity contribution in [3.05, 3.63) is 41.0 Å². The molecule has 1 unspecified atom stereocenters. The maximum atomic E-state index is 9.08. The number of likely N-dealkylation sites (tertiary alicyclic amines) is 1. The lowest BCUT2D eigenvalue weighted by molar-refractivity contribution is 0.121. The molecule has 2 nitrogen and oxygen atoms in total. The molecule has 19 heavy (non-hydrogen) atoms. The Morgan fingerprint density at radius 3 is 2.53 bits per heavy atom. The maximum Gasteiger partial charge on any atom is 0.0681 e. The van der Waals surface area contributed by atoms with Crippen LogP contribution in [0, 0.1) is 0 Å². The Bertz CT molecular complexity index is 445. The van der Waals surface area contributed by atoms with Crippen molar-refractivity contribution in [3.63, 3.8) is 0 Å². The van der Waals surface area contributed by atoms with Crippen LogP contribution in [0.25, 0.3) is 6.08 Å². The van der Waals surface area contributed by atoms with E-state index in [0.717, 1.165) is 5.56 Å². The van der Waals surface area contributed by atoms with Crippen molar-refractivity contribution in [1.82, 2.24) is 4.90 Å². The summed E-state index contributed by atoms with van der Waals surface area (Å²) in [7, 11) is 0. The number of rotatable bonds is 3. The van der Waals surface area contributed by atoms with Crippen molar-refractivity contribution in [2.75, 3.05) is 13.1 Å². The molecule has 2 fully saturated rings. The van der Waals surface area contributed by atoms with Gasteiger partial charge in [-0.2, -0.15) is 0 Å². The third-order valence-corrected chi connectivity index (χ3v) is 4.47. The number of aliphatic hydroxyl groups excluding tert-OH is 1. The molecule has 1 saturated carbocycles. The van der Waals surface area contributed by atoms with Gasteiger partial charge in [-0.25, -0.2) is 0 Å². The molecule has 1 saturated heterocycles. The minimum Gasteiger partial charge on any atom is -0.392 e. The van der Waals surface area contributed by atoms with Crippen LogP contribution >= 0.6 is 0 Å². The van der Waals surface area contributed by atoms with Crippen LogP contribution in [0.2, 0.25) is 0 Å². The smallest absolute Gasteiger partial charge is 0.0681 e. The second-order valence-corrected chi connectivity index (χ2v) is 5.77. The topological polar surface area (TPSA) is 23.5 Å². The first kappa shape index (κ1) is 12.9. The number of nitrogens with zero attached hydrogens (tertiary/aromatic N) is 1. The van der Waals surface area contributed by atoms with Gasteiger partial charge in [0.05, 0.1) is 6.61 Å².